The molecule has 0 fully saturated rings. The van der Waals surface area contributed by atoms with E-state index in [9.17, 15) is 0 Å². The highest BCUT2D eigenvalue weighted by Crippen LogP contribution is 2.17. The Balaban J connectivity index is 2.18. The van der Waals surface area contributed by atoms with Gasteiger partial charge in [0.15, 0.2) is 0 Å². The van der Waals surface area contributed by atoms with Crippen molar-refractivity contribution in [3.63, 3.8) is 0 Å². The summed E-state index contributed by atoms with van der Waals surface area (Å²) in [6, 6.07) is 11.4. The van der Waals surface area contributed by atoms with Gasteiger partial charge in [0, 0.05) is 30.5 Å². The summed E-state index contributed by atoms with van der Waals surface area (Å²) in [5.74, 6) is -0.0296. The summed E-state index contributed by atoms with van der Waals surface area (Å²) in [6.45, 7) is 0.724. The van der Waals surface area contributed by atoms with Crippen LogP contribution in [0.4, 0.5) is 5.69 Å². The molecule has 5 heteroatoms. The van der Waals surface area contributed by atoms with Crippen molar-refractivity contribution in [3.05, 3.63) is 58.9 Å². The number of hydrogen-bond acceptors (Lipinski definition) is 3. The van der Waals surface area contributed by atoms with Crippen LogP contribution in [0.2, 0.25) is 5.02 Å². The molecule has 2 rings (SSSR count). The monoisotopic (exact) mass is 274 g/mol. The summed E-state index contributed by atoms with van der Waals surface area (Å²) in [5.41, 5.74) is 8.00. The van der Waals surface area contributed by atoms with Gasteiger partial charge in [-0.05, 0) is 29.8 Å². The molecule has 0 aliphatic rings. The Hall–Kier alpha value is -2.07. The molecule has 98 valence electrons. The molecule has 1 aromatic heterocycles. The maximum Gasteiger partial charge on any atom is 0.141 e. The number of hydrogen-bond donors (Lipinski definition) is 2. The molecule has 19 heavy (non-hydrogen) atoms. The van der Waals surface area contributed by atoms with Crippen LogP contribution in [0.1, 0.15) is 11.3 Å². The zero-order valence-corrected chi connectivity index (χ0v) is 11.4. The van der Waals surface area contributed by atoms with Crippen LogP contribution < -0.4 is 10.6 Å². The van der Waals surface area contributed by atoms with Crippen molar-refractivity contribution in [2.24, 2.45) is 5.73 Å². The second kappa shape index (κ2) is 5.71. The van der Waals surface area contributed by atoms with Crippen LogP contribution in [0.15, 0.2) is 42.6 Å². The van der Waals surface area contributed by atoms with Gasteiger partial charge in [-0.25, -0.2) is 0 Å². The Morgan fingerprint density at radius 3 is 2.84 bits per heavy atom. The topological polar surface area (TPSA) is 66.0 Å². The number of rotatable bonds is 4. The van der Waals surface area contributed by atoms with Crippen molar-refractivity contribution in [1.29, 1.82) is 5.41 Å². The van der Waals surface area contributed by atoms with Crippen molar-refractivity contribution < 1.29 is 0 Å². The molecule has 0 amide bonds. The Morgan fingerprint density at radius 2 is 2.16 bits per heavy atom. The molecule has 0 aliphatic heterocycles. The van der Waals surface area contributed by atoms with E-state index in [-0.39, 0.29) is 5.84 Å². The Morgan fingerprint density at radius 1 is 1.37 bits per heavy atom. The third kappa shape index (κ3) is 3.45. The lowest BCUT2D eigenvalue weighted by molar-refractivity contribution is 0.920. The molecule has 1 heterocycles. The van der Waals surface area contributed by atoms with E-state index in [0.29, 0.717) is 5.69 Å². The minimum absolute atomic E-state index is 0.0296. The second-order valence-corrected chi connectivity index (χ2v) is 4.74. The second-order valence-electron chi connectivity index (χ2n) is 4.30. The highest BCUT2D eigenvalue weighted by Gasteiger charge is 2.05. The van der Waals surface area contributed by atoms with E-state index in [1.54, 1.807) is 12.3 Å². The predicted molar refractivity (Wildman–Crippen MR) is 78.8 cm³/mol. The number of nitrogens with zero attached hydrogens (tertiary/aromatic N) is 2. The van der Waals surface area contributed by atoms with E-state index in [0.717, 1.165) is 22.8 Å². The van der Waals surface area contributed by atoms with Crippen LogP contribution in [0.25, 0.3) is 0 Å². The van der Waals surface area contributed by atoms with Crippen molar-refractivity contribution in [3.8, 4) is 0 Å². The number of halogens is 1. The van der Waals surface area contributed by atoms with E-state index < -0.39 is 0 Å². The number of nitrogens with two attached hydrogens (primary N) is 1. The first-order chi connectivity index (χ1) is 9.06. The summed E-state index contributed by atoms with van der Waals surface area (Å²) in [4.78, 5) is 6.10. The summed E-state index contributed by atoms with van der Waals surface area (Å²) in [6.07, 6.45) is 1.65. The number of anilines is 1. The first kappa shape index (κ1) is 13.4. The van der Waals surface area contributed by atoms with Gasteiger partial charge in [0.1, 0.15) is 11.5 Å². The molecule has 0 saturated heterocycles. The lowest BCUT2D eigenvalue weighted by Crippen LogP contribution is -2.18. The zero-order valence-electron chi connectivity index (χ0n) is 10.6. The average Bonchev–Trinajstić information content (AvgIpc) is 2.39. The number of amidine groups is 1. The molecule has 0 saturated carbocycles. The number of benzene rings is 1. The quantitative estimate of drug-likeness (QED) is 0.665. The van der Waals surface area contributed by atoms with Crippen LogP contribution in [0.3, 0.4) is 0 Å². The lowest BCUT2D eigenvalue weighted by atomic mass is 10.2. The van der Waals surface area contributed by atoms with Gasteiger partial charge in [-0.1, -0.05) is 23.7 Å². The molecule has 0 unspecified atom stereocenters. The maximum absolute atomic E-state index is 7.40. The molecular weight excluding hydrogens is 260 g/mol. The summed E-state index contributed by atoms with van der Waals surface area (Å²) >= 11 is 5.97. The Kier molecular flexibility index (Phi) is 4.02. The zero-order chi connectivity index (χ0) is 13.8. The Labute approximate surface area is 117 Å². The van der Waals surface area contributed by atoms with Gasteiger partial charge in [0.2, 0.25) is 0 Å². The van der Waals surface area contributed by atoms with Crippen LogP contribution in [0.5, 0.6) is 0 Å². The number of aromatic nitrogens is 1. The molecular formula is C14H15ClN4. The van der Waals surface area contributed by atoms with Gasteiger partial charge in [-0.3, -0.25) is 10.4 Å². The van der Waals surface area contributed by atoms with Crippen LogP contribution in [-0.4, -0.2) is 17.9 Å². The standard InChI is InChI=1S/C14H15ClN4/c1-19(9-10-3-2-4-11(15)7-10)12-5-6-18-13(8-12)14(16)17/h2-8H,9H2,1H3,(H3,16,17). The highest BCUT2D eigenvalue weighted by atomic mass is 35.5. The molecule has 0 spiro atoms. The summed E-state index contributed by atoms with van der Waals surface area (Å²) < 4.78 is 0. The van der Waals surface area contributed by atoms with Gasteiger partial charge >= 0.3 is 0 Å². The third-order valence-electron chi connectivity index (χ3n) is 2.77. The number of pyridine rings is 1. The first-order valence-corrected chi connectivity index (χ1v) is 6.20. The predicted octanol–water partition coefficient (Wildman–Crippen LogP) is 2.66. The van der Waals surface area contributed by atoms with E-state index >= 15 is 0 Å². The number of nitrogen functional groups attached to an aromatic ring is 1. The van der Waals surface area contributed by atoms with E-state index in [1.165, 1.54) is 0 Å². The van der Waals surface area contributed by atoms with Crippen LogP contribution in [-0.2, 0) is 6.54 Å². The summed E-state index contributed by atoms with van der Waals surface area (Å²) in [5, 5.41) is 8.13. The average molecular weight is 275 g/mol. The SMILES string of the molecule is CN(Cc1cccc(Cl)c1)c1ccnc(C(=N)N)c1. The number of nitrogens with one attached hydrogen (secondary N) is 1. The molecule has 3 N–H and O–H groups in total. The molecule has 1 aromatic carbocycles. The molecule has 0 aliphatic carbocycles. The van der Waals surface area contributed by atoms with Gasteiger partial charge in [-0.2, -0.15) is 0 Å². The van der Waals surface area contributed by atoms with Gasteiger partial charge in [0.25, 0.3) is 0 Å². The third-order valence-corrected chi connectivity index (χ3v) is 3.00. The summed E-state index contributed by atoms with van der Waals surface area (Å²) in [7, 11) is 1.97. The molecule has 2 aromatic rings. The minimum atomic E-state index is -0.0296. The molecule has 4 nitrogen and oxygen atoms in total. The Bertz CT molecular complexity index is 598. The van der Waals surface area contributed by atoms with Crippen LogP contribution in [0, 0.1) is 5.41 Å². The van der Waals surface area contributed by atoms with Crippen molar-refractivity contribution in [2.45, 2.75) is 6.54 Å². The molecule has 0 radical (unpaired) electrons. The fraction of sp³-hybridized carbons (Fsp3) is 0.143. The van der Waals surface area contributed by atoms with E-state index in [4.69, 9.17) is 22.7 Å². The largest absolute Gasteiger partial charge is 0.382 e. The van der Waals surface area contributed by atoms with Crippen molar-refractivity contribution in [2.75, 3.05) is 11.9 Å². The fourth-order valence-corrected chi connectivity index (χ4v) is 2.02. The first-order valence-electron chi connectivity index (χ1n) is 5.82. The molecule has 0 bridgehead atoms. The smallest absolute Gasteiger partial charge is 0.141 e. The van der Waals surface area contributed by atoms with Gasteiger partial charge in [-0.15, -0.1) is 0 Å². The van der Waals surface area contributed by atoms with Crippen molar-refractivity contribution in [1.82, 2.24) is 4.98 Å². The highest BCUT2D eigenvalue weighted by molar-refractivity contribution is 6.30. The fourth-order valence-electron chi connectivity index (χ4n) is 1.80. The van der Waals surface area contributed by atoms with Crippen LogP contribution >= 0.6 is 11.6 Å². The van der Waals surface area contributed by atoms with Crippen molar-refractivity contribution >= 4 is 23.1 Å². The van der Waals surface area contributed by atoms with Gasteiger partial charge in [0.05, 0.1) is 0 Å². The molecule has 0 atom stereocenters. The normalized spacial score (nSPS) is 10.2. The maximum atomic E-state index is 7.40. The lowest BCUT2D eigenvalue weighted by Gasteiger charge is -2.19. The van der Waals surface area contributed by atoms with E-state index in [2.05, 4.69) is 9.88 Å². The van der Waals surface area contributed by atoms with Gasteiger partial charge < -0.3 is 10.6 Å². The van der Waals surface area contributed by atoms with E-state index in [1.807, 2.05) is 37.4 Å². The minimum Gasteiger partial charge on any atom is -0.382 e.